The Morgan fingerprint density at radius 3 is 2.44 bits per heavy atom. The highest BCUT2D eigenvalue weighted by Crippen LogP contribution is 2.06. The molecule has 1 heterocycles. The van der Waals surface area contributed by atoms with Crippen molar-refractivity contribution < 1.29 is 19.4 Å². The highest BCUT2D eigenvalue weighted by atomic mass is 16.7. The van der Waals surface area contributed by atoms with E-state index >= 15 is 0 Å². The van der Waals surface area contributed by atoms with E-state index in [9.17, 15) is 9.90 Å². The average molecular weight is 131 g/mol. The first-order valence-electron chi connectivity index (χ1n) is 2.72. The van der Waals surface area contributed by atoms with Gasteiger partial charge in [0, 0.05) is 0 Å². The molecule has 1 aliphatic heterocycles. The van der Waals surface area contributed by atoms with Crippen LogP contribution in [-0.2, 0) is 19.4 Å². The molecule has 0 bridgehead atoms. The van der Waals surface area contributed by atoms with E-state index in [4.69, 9.17) is 9.47 Å². The smallest absolute Gasteiger partial charge is 0.350 e. The van der Waals surface area contributed by atoms with Crippen LogP contribution in [0.1, 0.15) is 6.42 Å². The minimum atomic E-state index is -1.14. The SMILES string of the molecule is [O]C(=O)CC1OCCO1. The van der Waals surface area contributed by atoms with Crippen LogP contribution >= 0.6 is 0 Å². The van der Waals surface area contributed by atoms with E-state index in [0.717, 1.165) is 0 Å². The number of rotatable bonds is 2. The molecule has 0 spiro atoms. The zero-order valence-electron chi connectivity index (χ0n) is 4.83. The highest BCUT2D eigenvalue weighted by Gasteiger charge is 2.19. The van der Waals surface area contributed by atoms with E-state index in [2.05, 4.69) is 0 Å². The molecule has 0 N–H and O–H groups in total. The van der Waals surface area contributed by atoms with E-state index in [1.54, 1.807) is 0 Å². The van der Waals surface area contributed by atoms with Crippen molar-refractivity contribution in [2.45, 2.75) is 12.7 Å². The normalized spacial score (nSPS) is 20.4. The topological polar surface area (TPSA) is 55.4 Å². The molecule has 9 heavy (non-hydrogen) atoms. The zero-order valence-corrected chi connectivity index (χ0v) is 4.83. The van der Waals surface area contributed by atoms with Crippen molar-refractivity contribution in [1.82, 2.24) is 0 Å². The summed E-state index contributed by atoms with van der Waals surface area (Å²) in [5.74, 6) is -1.14. The summed E-state index contributed by atoms with van der Waals surface area (Å²) < 4.78 is 9.64. The summed E-state index contributed by atoms with van der Waals surface area (Å²) in [6.45, 7) is 0.968. The molecule has 0 aromatic heterocycles. The molecule has 0 aromatic carbocycles. The van der Waals surface area contributed by atoms with E-state index in [-0.39, 0.29) is 6.42 Å². The predicted molar refractivity (Wildman–Crippen MR) is 26.0 cm³/mol. The Bertz CT molecular complexity index is 106. The van der Waals surface area contributed by atoms with Gasteiger partial charge >= 0.3 is 5.97 Å². The fraction of sp³-hybridized carbons (Fsp3) is 0.800. The maximum Gasteiger partial charge on any atom is 0.360 e. The zero-order chi connectivity index (χ0) is 6.69. The second-order valence-electron chi connectivity index (χ2n) is 1.75. The molecule has 1 fully saturated rings. The van der Waals surface area contributed by atoms with Crippen LogP contribution in [0.25, 0.3) is 0 Å². The van der Waals surface area contributed by atoms with Crippen LogP contribution in [-0.4, -0.2) is 25.5 Å². The van der Waals surface area contributed by atoms with Gasteiger partial charge in [0.2, 0.25) is 0 Å². The Morgan fingerprint density at radius 1 is 1.44 bits per heavy atom. The molecule has 1 rings (SSSR count). The van der Waals surface area contributed by atoms with Crippen molar-refractivity contribution in [2.75, 3.05) is 13.2 Å². The molecular weight excluding hydrogens is 124 g/mol. The summed E-state index contributed by atoms with van der Waals surface area (Å²) >= 11 is 0. The average Bonchev–Trinajstić information content (AvgIpc) is 2.15. The number of carbonyl (C=O) groups is 1. The molecule has 4 nitrogen and oxygen atoms in total. The largest absolute Gasteiger partial charge is 0.360 e. The quantitative estimate of drug-likeness (QED) is 0.517. The van der Waals surface area contributed by atoms with Crippen molar-refractivity contribution in [3.63, 3.8) is 0 Å². The molecule has 4 heteroatoms. The van der Waals surface area contributed by atoms with E-state index in [0.29, 0.717) is 13.2 Å². The molecule has 1 aliphatic rings. The fourth-order valence-electron chi connectivity index (χ4n) is 0.661. The molecule has 0 aromatic rings. The Morgan fingerprint density at radius 2 is 2.00 bits per heavy atom. The van der Waals surface area contributed by atoms with Crippen molar-refractivity contribution in [2.24, 2.45) is 0 Å². The summed E-state index contributed by atoms with van der Waals surface area (Å²) in [6, 6.07) is 0. The summed E-state index contributed by atoms with van der Waals surface area (Å²) in [7, 11) is 0. The Kier molecular flexibility index (Phi) is 2.02. The van der Waals surface area contributed by atoms with Crippen LogP contribution in [0.4, 0.5) is 0 Å². The minimum absolute atomic E-state index is 0.167. The number of carbonyl (C=O) groups excluding carboxylic acids is 1. The Hall–Kier alpha value is -0.610. The molecule has 1 radical (unpaired) electrons. The molecule has 0 amide bonds. The highest BCUT2D eigenvalue weighted by molar-refractivity contribution is 5.66. The lowest BCUT2D eigenvalue weighted by atomic mass is 10.4. The predicted octanol–water partition coefficient (Wildman–Crippen LogP) is -0.294. The van der Waals surface area contributed by atoms with Gasteiger partial charge in [0.1, 0.15) is 6.42 Å². The van der Waals surface area contributed by atoms with Crippen LogP contribution in [0.5, 0.6) is 0 Å². The van der Waals surface area contributed by atoms with Crippen LogP contribution < -0.4 is 0 Å². The van der Waals surface area contributed by atoms with Gasteiger partial charge in [-0.05, 0) is 0 Å². The molecule has 51 valence electrons. The second-order valence-corrected chi connectivity index (χ2v) is 1.75. The van der Waals surface area contributed by atoms with Gasteiger partial charge in [-0.1, -0.05) is 0 Å². The number of hydrogen-bond acceptors (Lipinski definition) is 3. The lowest BCUT2D eigenvalue weighted by Gasteiger charge is -2.01. The van der Waals surface area contributed by atoms with Gasteiger partial charge in [0.05, 0.1) is 13.2 Å². The molecule has 0 aliphatic carbocycles. The van der Waals surface area contributed by atoms with Gasteiger partial charge in [-0.2, -0.15) is 0 Å². The summed E-state index contributed by atoms with van der Waals surface area (Å²) in [4.78, 5) is 9.88. The van der Waals surface area contributed by atoms with Crippen molar-refractivity contribution >= 4 is 5.97 Å². The second kappa shape index (κ2) is 2.80. The summed E-state index contributed by atoms with van der Waals surface area (Å²) in [5.41, 5.74) is 0. The van der Waals surface area contributed by atoms with Crippen LogP contribution in [0.3, 0.4) is 0 Å². The first-order valence-corrected chi connectivity index (χ1v) is 2.72. The van der Waals surface area contributed by atoms with Gasteiger partial charge < -0.3 is 9.47 Å². The maximum atomic E-state index is 9.88. The molecular formula is C5H7O4. The maximum absolute atomic E-state index is 9.88. The standard InChI is InChI=1S/C5H7O4/c6-4(7)3-5-8-1-2-9-5/h5H,1-3H2. The van der Waals surface area contributed by atoms with Gasteiger partial charge in [-0.3, -0.25) is 0 Å². The molecule has 0 atom stereocenters. The Labute approximate surface area is 52.4 Å². The third-order valence-electron chi connectivity index (χ3n) is 1.02. The lowest BCUT2D eigenvalue weighted by molar-refractivity contribution is -0.151. The van der Waals surface area contributed by atoms with E-state index < -0.39 is 12.3 Å². The van der Waals surface area contributed by atoms with Gasteiger partial charge in [-0.15, -0.1) is 0 Å². The van der Waals surface area contributed by atoms with E-state index in [1.165, 1.54) is 0 Å². The molecule has 0 saturated carbocycles. The molecule has 1 saturated heterocycles. The number of hydrogen-bond donors (Lipinski definition) is 0. The fourth-order valence-corrected chi connectivity index (χ4v) is 0.661. The molecule has 0 unspecified atom stereocenters. The van der Waals surface area contributed by atoms with Crippen LogP contribution in [0, 0.1) is 0 Å². The summed E-state index contributed by atoms with van der Waals surface area (Å²) in [6.07, 6.45) is -0.741. The van der Waals surface area contributed by atoms with E-state index in [1.807, 2.05) is 0 Å². The van der Waals surface area contributed by atoms with Crippen LogP contribution in [0.2, 0.25) is 0 Å². The monoisotopic (exact) mass is 131 g/mol. The van der Waals surface area contributed by atoms with Gasteiger partial charge in [0.25, 0.3) is 0 Å². The third kappa shape index (κ3) is 1.99. The first kappa shape index (κ1) is 6.51. The van der Waals surface area contributed by atoms with Crippen molar-refractivity contribution in [3.05, 3.63) is 0 Å². The minimum Gasteiger partial charge on any atom is -0.350 e. The van der Waals surface area contributed by atoms with Crippen LogP contribution in [0.15, 0.2) is 0 Å². The lowest BCUT2D eigenvalue weighted by Crippen LogP contribution is -2.12. The first-order chi connectivity index (χ1) is 4.29. The number of ether oxygens (including phenoxy) is 2. The Balaban J connectivity index is 2.19. The van der Waals surface area contributed by atoms with Crippen molar-refractivity contribution in [1.29, 1.82) is 0 Å². The third-order valence-corrected chi connectivity index (χ3v) is 1.02. The van der Waals surface area contributed by atoms with Gasteiger partial charge in [0.15, 0.2) is 6.29 Å². The summed E-state index contributed by atoms with van der Waals surface area (Å²) in [5, 5.41) is 9.88. The van der Waals surface area contributed by atoms with Crippen molar-refractivity contribution in [3.8, 4) is 0 Å². The van der Waals surface area contributed by atoms with Gasteiger partial charge in [-0.25, -0.2) is 9.90 Å².